The molecule has 0 saturated carbocycles. The van der Waals surface area contributed by atoms with Gasteiger partial charge in [-0.25, -0.2) is 0 Å². The molecule has 4 nitrogen and oxygen atoms in total. The molecule has 128 valence electrons. The maximum Gasteiger partial charge on any atom is 0.293 e. The Kier molecular flexibility index (Phi) is 5.37. The first-order valence-corrected chi connectivity index (χ1v) is 8.88. The number of thioether (sulfide) groups is 1. The van der Waals surface area contributed by atoms with Gasteiger partial charge in [-0.1, -0.05) is 41.4 Å². The van der Waals surface area contributed by atoms with Crippen LogP contribution in [0.2, 0.25) is 10.0 Å². The first kappa shape index (κ1) is 17.9. The fourth-order valence-electron chi connectivity index (χ4n) is 2.34. The maximum absolute atomic E-state index is 12.6. The highest BCUT2D eigenvalue weighted by Gasteiger charge is 2.35. The highest BCUT2D eigenvalue weighted by atomic mass is 35.5. The molecule has 0 spiro atoms. The van der Waals surface area contributed by atoms with Gasteiger partial charge in [0.15, 0.2) is 0 Å². The zero-order valence-electron chi connectivity index (χ0n) is 13.2. The average Bonchev–Trinajstić information content (AvgIpc) is 2.84. The topological polar surface area (TPSA) is 46.6 Å². The number of hydrogen-bond acceptors (Lipinski definition) is 4. The van der Waals surface area contributed by atoms with Crippen LogP contribution >= 0.6 is 35.0 Å². The molecular formula is C18H13Cl2NO3S. The summed E-state index contributed by atoms with van der Waals surface area (Å²) in [5.74, 6) is 0.338. The third kappa shape index (κ3) is 4.00. The number of nitrogens with zero attached hydrogens (tertiary/aromatic N) is 1. The second kappa shape index (κ2) is 7.52. The number of hydrogen-bond donors (Lipinski definition) is 0. The van der Waals surface area contributed by atoms with Gasteiger partial charge in [-0.3, -0.25) is 14.5 Å². The van der Waals surface area contributed by atoms with E-state index in [0.717, 1.165) is 17.3 Å². The number of halogens is 2. The molecule has 2 aromatic rings. The lowest BCUT2D eigenvalue weighted by molar-refractivity contribution is -0.123. The monoisotopic (exact) mass is 393 g/mol. The molecule has 3 rings (SSSR count). The van der Waals surface area contributed by atoms with Crippen molar-refractivity contribution in [3.05, 3.63) is 68.5 Å². The minimum Gasteiger partial charge on any atom is -0.497 e. The summed E-state index contributed by atoms with van der Waals surface area (Å²) in [5.41, 5.74) is 1.45. The van der Waals surface area contributed by atoms with E-state index < -0.39 is 0 Å². The summed E-state index contributed by atoms with van der Waals surface area (Å²) in [4.78, 5) is 26.3. The number of methoxy groups -OCH3 is 1. The van der Waals surface area contributed by atoms with Crippen molar-refractivity contribution in [3.8, 4) is 5.75 Å². The number of carbonyl (C=O) groups excluding carboxylic acids is 2. The fraction of sp³-hybridized carbons (Fsp3) is 0.111. The van der Waals surface area contributed by atoms with Crippen molar-refractivity contribution in [2.45, 2.75) is 6.54 Å². The van der Waals surface area contributed by atoms with Crippen LogP contribution < -0.4 is 4.74 Å². The van der Waals surface area contributed by atoms with Gasteiger partial charge in [-0.2, -0.15) is 0 Å². The van der Waals surface area contributed by atoms with Crippen molar-refractivity contribution >= 4 is 52.2 Å². The van der Waals surface area contributed by atoms with Crippen molar-refractivity contribution in [1.29, 1.82) is 0 Å². The number of amides is 2. The molecule has 0 aromatic heterocycles. The van der Waals surface area contributed by atoms with Gasteiger partial charge in [0.05, 0.1) is 18.6 Å². The van der Waals surface area contributed by atoms with E-state index in [4.69, 9.17) is 27.9 Å². The lowest BCUT2D eigenvalue weighted by atomic mass is 10.2. The molecule has 7 heteroatoms. The molecule has 0 N–H and O–H groups in total. The normalized spacial score (nSPS) is 16.0. The Balaban J connectivity index is 1.83. The third-order valence-corrected chi connectivity index (χ3v) is 5.10. The molecule has 0 bridgehead atoms. The van der Waals surface area contributed by atoms with Crippen LogP contribution in [0.5, 0.6) is 5.75 Å². The summed E-state index contributed by atoms with van der Waals surface area (Å²) in [6.07, 6.45) is 1.68. The predicted molar refractivity (Wildman–Crippen MR) is 101 cm³/mol. The van der Waals surface area contributed by atoms with Crippen LogP contribution in [0.3, 0.4) is 0 Å². The summed E-state index contributed by atoms with van der Waals surface area (Å²) >= 11 is 12.9. The van der Waals surface area contributed by atoms with Crippen molar-refractivity contribution < 1.29 is 14.3 Å². The van der Waals surface area contributed by atoms with E-state index in [2.05, 4.69) is 0 Å². The second-order valence-electron chi connectivity index (χ2n) is 5.28. The molecule has 1 saturated heterocycles. The quantitative estimate of drug-likeness (QED) is 0.666. The van der Waals surface area contributed by atoms with Crippen molar-refractivity contribution in [1.82, 2.24) is 4.90 Å². The molecular weight excluding hydrogens is 381 g/mol. The zero-order chi connectivity index (χ0) is 18.0. The second-order valence-corrected chi connectivity index (χ2v) is 7.12. The number of benzene rings is 2. The lowest BCUT2D eigenvalue weighted by Crippen LogP contribution is -2.27. The molecule has 1 heterocycles. The molecule has 2 aromatic carbocycles. The van der Waals surface area contributed by atoms with Gasteiger partial charge in [0.2, 0.25) is 0 Å². The van der Waals surface area contributed by atoms with Gasteiger partial charge in [-0.05, 0) is 53.2 Å². The van der Waals surface area contributed by atoms with E-state index in [1.54, 1.807) is 37.5 Å². The third-order valence-electron chi connectivity index (χ3n) is 3.61. The number of ether oxygens (including phenoxy) is 1. The Labute approximate surface area is 159 Å². The molecule has 0 atom stereocenters. The van der Waals surface area contributed by atoms with Crippen molar-refractivity contribution in [3.63, 3.8) is 0 Å². The van der Waals surface area contributed by atoms with Crippen LogP contribution in [0.25, 0.3) is 6.08 Å². The first-order valence-electron chi connectivity index (χ1n) is 7.31. The summed E-state index contributed by atoms with van der Waals surface area (Å²) in [7, 11) is 1.57. The van der Waals surface area contributed by atoms with E-state index in [9.17, 15) is 9.59 Å². The lowest BCUT2D eigenvalue weighted by Gasteiger charge is -2.13. The van der Waals surface area contributed by atoms with Crippen LogP contribution in [-0.4, -0.2) is 23.2 Å². The van der Waals surface area contributed by atoms with E-state index >= 15 is 0 Å². The Morgan fingerprint density at radius 1 is 1.16 bits per heavy atom. The van der Waals surface area contributed by atoms with Crippen LogP contribution in [-0.2, 0) is 11.3 Å². The van der Waals surface area contributed by atoms with Gasteiger partial charge in [0.1, 0.15) is 5.75 Å². The molecule has 1 fully saturated rings. The number of carbonyl (C=O) groups is 2. The summed E-state index contributed by atoms with van der Waals surface area (Å²) < 4.78 is 5.17. The minimum absolute atomic E-state index is 0.107. The molecule has 0 aliphatic carbocycles. The van der Waals surface area contributed by atoms with E-state index in [1.807, 2.05) is 18.2 Å². The highest BCUT2D eigenvalue weighted by molar-refractivity contribution is 8.18. The van der Waals surface area contributed by atoms with Crippen molar-refractivity contribution in [2.24, 2.45) is 0 Å². The van der Waals surface area contributed by atoms with Gasteiger partial charge in [-0.15, -0.1) is 0 Å². The van der Waals surface area contributed by atoms with Crippen LogP contribution in [0.15, 0.2) is 47.4 Å². The molecule has 0 radical (unpaired) electrons. The van der Waals surface area contributed by atoms with Gasteiger partial charge in [0.25, 0.3) is 11.1 Å². The number of imide groups is 1. The van der Waals surface area contributed by atoms with E-state index in [0.29, 0.717) is 26.3 Å². The van der Waals surface area contributed by atoms with Crippen LogP contribution in [0.1, 0.15) is 11.1 Å². The fourth-order valence-corrected chi connectivity index (χ4v) is 3.65. The largest absolute Gasteiger partial charge is 0.497 e. The average molecular weight is 394 g/mol. The first-order chi connectivity index (χ1) is 12.0. The Morgan fingerprint density at radius 2 is 1.96 bits per heavy atom. The molecule has 1 aliphatic heterocycles. The maximum atomic E-state index is 12.6. The van der Waals surface area contributed by atoms with E-state index in [1.165, 1.54) is 4.90 Å². The minimum atomic E-state index is -0.344. The van der Waals surface area contributed by atoms with Gasteiger partial charge in [0, 0.05) is 10.0 Å². The SMILES string of the molecule is COc1cccc(/C=C2\SC(=O)N(Cc3ccc(Cl)cc3Cl)C2=O)c1. The predicted octanol–water partition coefficient (Wildman–Crippen LogP) is 5.24. The standard InChI is InChI=1S/C18H13Cl2NO3S/c1-24-14-4-2-3-11(7-14)8-16-17(22)21(18(23)25-16)10-12-5-6-13(19)9-15(12)20/h2-9H,10H2,1H3/b16-8-. The molecule has 2 amide bonds. The zero-order valence-corrected chi connectivity index (χ0v) is 15.5. The van der Waals surface area contributed by atoms with E-state index in [-0.39, 0.29) is 17.7 Å². The Morgan fingerprint density at radius 3 is 2.68 bits per heavy atom. The molecule has 25 heavy (non-hydrogen) atoms. The van der Waals surface area contributed by atoms with Gasteiger partial charge >= 0.3 is 0 Å². The summed E-state index contributed by atoms with van der Waals surface area (Å²) in [6.45, 7) is 0.107. The Hall–Kier alpha value is -1.95. The molecule has 1 aliphatic rings. The highest BCUT2D eigenvalue weighted by Crippen LogP contribution is 2.34. The Bertz CT molecular complexity index is 882. The summed E-state index contributed by atoms with van der Waals surface area (Å²) in [6, 6.07) is 12.2. The molecule has 0 unspecified atom stereocenters. The van der Waals surface area contributed by atoms with Gasteiger partial charge < -0.3 is 4.74 Å². The van der Waals surface area contributed by atoms with Crippen LogP contribution in [0, 0.1) is 0 Å². The number of rotatable bonds is 4. The summed E-state index contributed by atoms with van der Waals surface area (Å²) in [5, 5.41) is 0.592. The van der Waals surface area contributed by atoms with Crippen molar-refractivity contribution in [2.75, 3.05) is 7.11 Å². The van der Waals surface area contributed by atoms with Crippen LogP contribution in [0.4, 0.5) is 4.79 Å². The smallest absolute Gasteiger partial charge is 0.293 e.